The van der Waals surface area contributed by atoms with E-state index in [1.165, 1.54) is 47.5 Å². The number of anilines is 1. The fourth-order valence-electron chi connectivity index (χ4n) is 3.64. The van der Waals surface area contributed by atoms with Crippen LogP contribution in [0.15, 0.2) is 42.5 Å². The van der Waals surface area contributed by atoms with Gasteiger partial charge in [0.1, 0.15) is 5.75 Å². The quantitative estimate of drug-likeness (QED) is 0.725. The van der Waals surface area contributed by atoms with Gasteiger partial charge in [0, 0.05) is 5.69 Å². The van der Waals surface area contributed by atoms with Crippen LogP contribution in [-0.2, 0) is 17.6 Å². The SMILES string of the molecule is O=C(COc1ccc(C2SCCCS2)cc1)Nc1cccc2c1CCCC2. The Bertz CT molecular complexity index is 785. The molecule has 1 aliphatic heterocycles. The van der Waals surface area contributed by atoms with E-state index in [1.54, 1.807) is 0 Å². The highest BCUT2D eigenvalue weighted by Crippen LogP contribution is 2.43. The number of carbonyl (C=O) groups excluding carboxylic acids is 1. The Balaban J connectivity index is 1.32. The smallest absolute Gasteiger partial charge is 0.262 e. The van der Waals surface area contributed by atoms with Crippen LogP contribution in [0.2, 0.25) is 0 Å². The molecule has 1 heterocycles. The summed E-state index contributed by atoms with van der Waals surface area (Å²) in [5.41, 5.74) is 4.94. The van der Waals surface area contributed by atoms with E-state index in [0.717, 1.165) is 24.3 Å². The average Bonchev–Trinajstić information content (AvgIpc) is 2.74. The van der Waals surface area contributed by atoms with Crippen LogP contribution < -0.4 is 10.1 Å². The number of rotatable bonds is 5. The van der Waals surface area contributed by atoms with Gasteiger partial charge in [0.15, 0.2) is 6.61 Å². The van der Waals surface area contributed by atoms with E-state index in [1.807, 2.05) is 47.8 Å². The molecule has 27 heavy (non-hydrogen) atoms. The molecule has 0 spiro atoms. The van der Waals surface area contributed by atoms with Crippen LogP contribution in [0.4, 0.5) is 5.69 Å². The number of aryl methyl sites for hydroxylation is 1. The summed E-state index contributed by atoms with van der Waals surface area (Å²) in [5, 5.41) is 3.03. The van der Waals surface area contributed by atoms with Crippen LogP contribution in [0.3, 0.4) is 0 Å². The monoisotopic (exact) mass is 399 g/mol. The van der Waals surface area contributed by atoms with Crippen LogP contribution >= 0.6 is 23.5 Å². The predicted octanol–water partition coefficient (Wildman–Crippen LogP) is 5.45. The van der Waals surface area contributed by atoms with Gasteiger partial charge < -0.3 is 10.1 Å². The molecule has 2 aliphatic rings. The lowest BCUT2D eigenvalue weighted by Crippen LogP contribution is -2.21. The number of nitrogens with one attached hydrogen (secondary N) is 1. The molecule has 0 unspecified atom stereocenters. The topological polar surface area (TPSA) is 38.3 Å². The van der Waals surface area contributed by atoms with E-state index in [4.69, 9.17) is 4.74 Å². The summed E-state index contributed by atoms with van der Waals surface area (Å²) in [4.78, 5) is 12.3. The van der Waals surface area contributed by atoms with Crippen LogP contribution in [0.5, 0.6) is 5.75 Å². The first-order valence-electron chi connectivity index (χ1n) is 9.66. The number of thioether (sulfide) groups is 2. The first-order chi connectivity index (χ1) is 13.3. The highest BCUT2D eigenvalue weighted by molar-refractivity contribution is 8.16. The lowest BCUT2D eigenvalue weighted by molar-refractivity contribution is -0.118. The van der Waals surface area contributed by atoms with Gasteiger partial charge in [-0.05, 0) is 78.5 Å². The molecule has 0 bridgehead atoms. The van der Waals surface area contributed by atoms with Crippen molar-refractivity contribution in [1.82, 2.24) is 0 Å². The summed E-state index contributed by atoms with van der Waals surface area (Å²) in [7, 11) is 0. The van der Waals surface area contributed by atoms with Crippen molar-refractivity contribution in [3.05, 3.63) is 59.2 Å². The Labute approximate surface area is 169 Å². The van der Waals surface area contributed by atoms with Crippen LogP contribution in [0, 0.1) is 0 Å². The van der Waals surface area contributed by atoms with Crippen molar-refractivity contribution in [3.63, 3.8) is 0 Å². The van der Waals surface area contributed by atoms with E-state index < -0.39 is 0 Å². The first-order valence-corrected chi connectivity index (χ1v) is 11.8. The molecule has 0 radical (unpaired) electrons. The summed E-state index contributed by atoms with van der Waals surface area (Å²) in [6.45, 7) is 0.0376. The maximum absolute atomic E-state index is 12.3. The Morgan fingerprint density at radius 3 is 2.59 bits per heavy atom. The second-order valence-electron chi connectivity index (χ2n) is 6.98. The van der Waals surface area contributed by atoms with Crippen molar-refractivity contribution in [2.24, 2.45) is 0 Å². The van der Waals surface area contributed by atoms with Crippen molar-refractivity contribution < 1.29 is 9.53 Å². The van der Waals surface area contributed by atoms with Crippen LogP contribution in [0.25, 0.3) is 0 Å². The van der Waals surface area contributed by atoms with Gasteiger partial charge in [-0.1, -0.05) is 24.3 Å². The Morgan fingerprint density at radius 2 is 1.78 bits per heavy atom. The molecule has 3 nitrogen and oxygen atoms in total. The van der Waals surface area contributed by atoms with Crippen LogP contribution in [0.1, 0.15) is 40.5 Å². The number of benzene rings is 2. The predicted molar refractivity (Wildman–Crippen MR) is 116 cm³/mol. The molecule has 1 fully saturated rings. The maximum atomic E-state index is 12.3. The van der Waals surface area contributed by atoms with Crippen molar-refractivity contribution in [2.75, 3.05) is 23.4 Å². The summed E-state index contributed by atoms with van der Waals surface area (Å²) in [6, 6.07) is 14.4. The lowest BCUT2D eigenvalue weighted by Gasteiger charge is -2.21. The minimum Gasteiger partial charge on any atom is -0.484 e. The number of amides is 1. The van der Waals surface area contributed by atoms with Gasteiger partial charge in [0.05, 0.1) is 4.58 Å². The zero-order valence-corrected chi connectivity index (χ0v) is 17.0. The molecular formula is C22H25NO2S2. The Morgan fingerprint density at radius 1 is 1.00 bits per heavy atom. The van der Waals surface area contributed by atoms with Gasteiger partial charge in [0.2, 0.25) is 0 Å². The summed E-state index contributed by atoms with van der Waals surface area (Å²) < 4.78 is 6.23. The highest BCUT2D eigenvalue weighted by Gasteiger charge is 2.17. The minimum absolute atomic E-state index is 0.0376. The molecule has 0 saturated carbocycles. The molecule has 1 N–H and O–H groups in total. The molecule has 2 aromatic rings. The van der Waals surface area contributed by atoms with E-state index in [-0.39, 0.29) is 12.5 Å². The number of hydrogen-bond donors (Lipinski definition) is 1. The molecular weight excluding hydrogens is 374 g/mol. The number of ether oxygens (including phenoxy) is 1. The number of carbonyl (C=O) groups is 1. The van der Waals surface area contributed by atoms with Gasteiger partial charge in [-0.3, -0.25) is 4.79 Å². The Kier molecular flexibility index (Phi) is 6.30. The zero-order valence-electron chi connectivity index (χ0n) is 15.4. The maximum Gasteiger partial charge on any atom is 0.262 e. The number of fused-ring (bicyclic) bond motifs is 1. The minimum atomic E-state index is -0.101. The van der Waals surface area contributed by atoms with Crippen molar-refractivity contribution >= 4 is 35.1 Å². The van der Waals surface area contributed by atoms with E-state index in [0.29, 0.717) is 4.58 Å². The third kappa shape index (κ3) is 4.82. The fourth-order valence-corrected chi connectivity index (χ4v) is 6.53. The van der Waals surface area contributed by atoms with E-state index >= 15 is 0 Å². The molecule has 142 valence electrons. The van der Waals surface area contributed by atoms with Crippen molar-refractivity contribution in [2.45, 2.75) is 36.7 Å². The second-order valence-corrected chi connectivity index (χ2v) is 9.71. The molecule has 0 atom stereocenters. The van der Waals surface area contributed by atoms with Crippen molar-refractivity contribution in [3.8, 4) is 5.75 Å². The molecule has 2 aromatic carbocycles. The molecule has 1 aliphatic carbocycles. The summed E-state index contributed by atoms with van der Waals surface area (Å²) in [6.07, 6.45) is 5.89. The fraction of sp³-hybridized carbons (Fsp3) is 0.409. The first kappa shape index (κ1) is 18.8. The van der Waals surface area contributed by atoms with Gasteiger partial charge in [-0.2, -0.15) is 0 Å². The van der Waals surface area contributed by atoms with Crippen LogP contribution in [-0.4, -0.2) is 24.0 Å². The standard InChI is InChI=1S/C22H25NO2S2/c24-21(23-20-8-3-6-16-5-1-2-7-19(16)20)15-25-18-11-9-17(10-12-18)22-26-13-4-14-27-22/h3,6,8-12,22H,1-2,4-5,7,13-15H2,(H,23,24). The van der Waals surface area contributed by atoms with Gasteiger partial charge in [-0.15, -0.1) is 23.5 Å². The largest absolute Gasteiger partial charge is 0.484 e. The third-order valence-corrected chi connectivity index (χ3v) is 8.03. The summed E-state index contributed by atoms with van der Waals surface area (Å²) >= 11 is 4.02. The number of hydrogen-bond acceptors (Lipinski definition) is 4. The highest BCUT2D eigenvalue weighted by atomic mass is 32.2. The van der Waals surface area contributed by atoms with E-state index in [9.17, 15) is 4.79 Å². The Hall–Kier alpha value is -1.59. The summed E-state index contributed by atoms with van der Waals surface area (Å²) in [5.74, 6) is 3.12. The zero-order chi connectivity index (χ0) is 18.5. The normalized spacial score (nSPS) is 17.2. The second kappa shape index (κ2) is 9.07. The van der Waals surface area contributed by atoms with Crippen molar-refractivity contribution in [1.29, 1.82) is 0 Å². The molecule has 5 heteroatoms. The molecule has 1 saturated heterocycles. The van der Waals surface area contributed by atoms with Gasteiger partial charge in [0.25, 0.3) is 5.91 Å². The molecule has 4 rings (SSSR count). The van der Waals surface area contributed by atoms with Gasteiger partial charge >= 0.3 is 0 Å². The van der Waals surface area contributed by atoms with E-state index in [2.05, 4.69) is 23.5 Å². The third-order valence-electron chi connectivity index (χ3n) is 5.02. The molecule has 0 aromatic heterocycles. The van der Waals surface area contributed by atoms with Gasteiger partial charge in [-0.25, -0.2) is 0 Å². The molecule has 1 amide bonds. The lowest BCUT2D eigenvalue weighted by atomic mass is 9.90. The average molecular weight is 400 g/mol.